The van der Waals surface area contributed by atoms with Crippen LogP contribution in [0.15, 0.2) is 47.4 Å². The molecule has 1 heterocycles. The van der Waals surface area contributed by atoms with Gasteiger partial charge in [0.2, 0.25) is 0 Å². The normalized spacial score (nSPS) is 11.2. The van der Waals surface area contributed by atoms with Crippen LogP contribution in [0.5, 0.6) is 5.75 Å². The molecule has 0 spiro atoms. The lowest BCUT2D eigenvalue weighted by Crippen LogP contribution is -3.05. The van der Waals surface area contributed by atoms with E-state index in [0.29, 0.717) is 11.7 Å². The van der Waals surface area contributed by atoms with Crippen LogP contribution in [-0.4, -0.2) is 51.4 Å². The molecule has 7 heteroatoms. The smallest absolute Gasteiger partial charge is 0.261 e. The van der Waals surface area contributed by atoms with Crippen molar-refractivity contribution in [1.82, 2.24) is 4.98 Å². The fourth-order valence-electron chi connectivity index (χ4n) is 3.03. The van der Waals surface area contributed by atoms with Gasteiger partial charge in [-0.05, 0) is 30.5 Å². The van der Waals surface area contributed by atoms with Gasteiger partial charge in [0.25, 0.3) is 5.91 Å². The summed E-state index contributed by atoms with van der Waals surface area (Å²) < 4.78 is 6.47. The molecule has 0 fully saturated rings. The fraction of sp³-hybridized carbons (Fsp3) is 0.333. The highest BCUT2D eigenvalue weighted by Crippen LogP contribution is 2.35. The van der Waals surface area contributed by atoms with Crippen molar-refractivity contribution >= 4 is 44.4 Å². The minimum absolute atomic E-state index is 0.00303. The molecule has 0 aliphatic heterocycles. The first kappa shape index (κ1) is 20.6. The van der Waals surface area contributed by atoms with E-state index in [1.54, 1.807) is 18.9 Å². The number of benzene rings is 2. The van der Waals surface area contributed by atoms with Gasteiger partial charge >= 0.3 is 0 Å². The number of para-hydroxylation sites is 1. The van der Waals surface area contributed by atoms with Crippen LogP contribution < -0.4 is 14.5 Å². The molecule has 0 saturated heterocycles. The maximum Gasteiger partial charge on any atom is 0.261 e. The number of hydrogen-bond acceptors (Lipinski definition) is 5. The van der Waals surface area contributed by atoms with E-state index in [9.17, 15) is 4.79 Å². The van der Waals surface area contributed by atoms with E-state index in [1.807, 2.05) is 53.6 Å². The Morgan fingerprint density at radius 3 is 2.71 bits per heavy atom. The monoisotopic (exact) mass is 416 g/mol. The Hall–Kier alpha value is -2.09. The van der Waals surface area contributed by atoms with E-state index in [1.165, 1.54) is 16.2 Å². The van der Waals surface area contributed by atoms with Crippen LogP contribution in [-0.2, 0) is 0 Å². The first-order chi connectivity index (χ1) is 13.5. The summed E-state index contributed by atoms with van der Waals surface area (Å²) in [6.45, 7) is 1.62. The number of thioether (sulfide) groups is 1. The lowest BCUT2D eigenvalue weighted by atomic mass is 10.2. The number of amides is 1. The summed E-state index contributed by atoms with van der Waals surface area (Å²) in [7, 11) is 5.89. The number of carbonyl (C=O) groups excluding carboxylic acids is 1. The molecule has 5 nitrogen and oxygen atoms in total. The summed E-state index contributed by atoms with van der Waals surface area (Å²) in [5.41, 5.74) is 1.53. The Morgan fingerprint density at radius 1 is 1.21 bits per heavy atom. The van der Waals surface area contributed by atoms with Crippen LogP contribution in [0.2, 0.25) is 0 Å². The molecule has 0 bridgehead atoms. The molecule has 3 aromatic rings. The lowest BCUT2D eigenvalue weighted by Gasteiger charge is -2.21. The maximum atomic E-state index is 13.5. The van der Waals surface area contributed by atoms with E-state index in [-0.39, 0.29) is 5.91 Å². The minimum Gasteiger partial charge on any atom is -0.494 e. The van der Waals surface area contributed by atoms with Crippen molar-refractivity contribution in [3.63, 3.8) is 0 Å². The van der Waals surface area contributed by atoms with Gasteiger partial charge in [-0.1, -0.05) is 29.5 Å². The molecule has 0 aliphatic rings. The van der Waals surface area contributed by atoms with Gasteiger partial charge in [-0.15, -0.1) is 11.8 Å². The van der Waals surface area contributed by atoms with Crippen molar-refractivity contribution in [3.8, 4) is 5.75 Å². The van der Waals surface area contributed by atoms with E-state index in [4.69, 9.17) is 9.72 Å². The number of aromatic nitrogens is 1. The Bertz CT molecular complexity index is 956. The molecule has 0 unspecified atom stereocenters. The highest BCUT2D eigenvalue weighted by molar-refractivity contribution is 7.98. The third-order valence-electron chi connectivity index (χ3n) is 4.46. The van der Waals surface area contributed by atoms with Crippen molar-refractivity contribution in [2.75, 3.05) is 45.5 Å². The summed E-state index contributed by atoms with van der Waals surface area (Å²) in [4.78, 5) is 22.4. The topological polar surface area (TPSA) is 46.9 Å². The van der Waals surface area contributed by atoms with Crippen molar-refractivity contribution in [2.45, 2.75) is 11.3 Å². The number of rotatable bonds is 8. The van der Waals surface area contributed by atoms with Crippen molar-refractivity contribution in [1.29, 1.82) is 0 Å². The molecule has 2 aromatic carbocycles. The van der Waals surface area contributed by atoms with Crippen LogP contribution >= 0.6 is 23.1 Å². The van der Waals surface area contributed by atoms with Gasteiger partial charge in [-0.25, -0.2) is 4.98 Å². The summed E-state index contributed by atoms with van der Waals surface area (Å²) in [6, 6.07) is 13.6. The number of hydrogen-bond donors (Lipinski definition) is 1. The van der Waals surface area contributed by atoms with E-state index in [0.717, 1.165) is 39.4 Å². The quantitative estimate of drug-likeness (QED) is 0.573. The van der Waals surface area contributed by atoms with Gasteiger partial charge in [0, 0.05) is 17.9 Å². The van der Waals surface area contributed by atoms with Crippen molar-refractivity contribution < 1.29 is 14.4 Å². The van der Waals surface area contributed by atoms with Gasteiger partial charge in [-0.2, -0.15) is 0 Å². The fourth-order valence-corrected chi connectivity index (χ4v) is 4.63. The Kier molecular flexibility index (Phi) is 6.93. The van der Waals surface area contributed by atoms with Crippen LogP contribution in [0.1, 0.15) is 16.8 Å². The van der Waals surface area contributed by atoms with E-state index >= 15 is 0 Å². The Morgan fingerprint density at radius 2 is 2.00 bits per heavy atom. The molecule has 0 saturated carbocycles. The van der Waals surface area contributed by atoms with E-state index in [2.05, 4.69) is 14.1 Å². The number of quaternary nitrogens is 1. The van der Waals surface area contributed by atoms with Crippen LogP contribution in [0.25, 0.3) is 10.2 Å². The summed E-state index contributed by atoms with van der Waals surface area (Å²) >= 11 is 3.12. The highest BCUT2D eigenvalue weighted by Gasteiger charge is 2.24. The number of ether oxygens (including phenoxy) is 1. The Labute approximate surface area is 174 Å². The first-order valence-corrected chi connectivity index (χ1v) is 11.3. The van der Waals surface area contributed by atoms with Crippen LogP contribution in [0, 0.1) is 0 Å². The first-order valence-electron chi connectivity index (χ1n) is 9.22. The molecular weight excluding hydrogens is 390 g/mol. The zero-order valence-electron chi connectivity index (χ0n) is 16.7. The van der Waals surface area contributed by atoms with Gasteiger partial charge in [0.1, 0.15) is 11.3 Å². The van der Waals surface area contributed by atoms with Crippen LogP contribution in [0.4, 0.5) is 5.13 Å². The zero-order valence-corrected chi connectivity index (χ0v) is 18.3. The molecule has 0 atom stereocenters. The van der Waals surface area contributed by atoms with Gasteiger partial charge < -0.3 is 9.64 Å². The molecule has 0 aliphatic carbocycles. The van der Waals surface area contributed by atoms with E-state index < -0.39 is 0 Å². The molecule has 1 N–H and O–H groups in total. The van der Waals surface area contributed by atoms with Gasteiger partial charge in [0.15, 0.2) is 5.13 Å². The average Bonchev–Trinajstić information content (AvgIpc) is 3.14. The van der Waals surface area contributed by atoms with Crippen molar-refractivity contribution in [2.24, 2.45) is 0 Å². The summed E-state index contributed by atoms with van der Waals surface area (Å²) in [6.07, 6.45) is 2.90. The Balaban J connectivity index is 2.00. The molecule has 28 heavy (non-hydrogen) atoms. The third-order valence-corrected chi connectivity index (χ3v) is 6.30. The zero-order chi connectivity index (χ0) is 20.1. The molecule has 3 rings (SSSR count). The van der Waals surface area contributed by atoms with Gasteiger partial charge in [0.05, 0.1) is 38.0 Å². The number of methoxy groups -OCH3 is 1. The molecule has 148 valence electrons. The largest absolute Gasteiger partial charge is 0.494 e. The summed E-state index contributed by atoms with van der Waals surface area (Å²) in [5, 5.41) is 0.717. The number of anilines is 1. The number of thiazole rings is 1. The highest BCUT2D eigenvalue weighted by atomic mass is 32.2. The van der Waals surface area contributed by atoms with Crippen molar-refractivity contribution in [3.05, 3.63) is 48.0 Å². The van der Waals surface area contributed by atoms with Crippen LogP contribution in [0.3, 0.4) is 0 Å². The molecular formula is C21H26N3O2S2+. The van der Waals surface area contributed by atoms with Gasteiger partial charge in [-0.3, -0.25) is 9.69 Å². The molecule has 0 radical (unpaired) electrons. The lowest BCUT2D eigenvalue weighted by molar-refractivity contribution is -0.858. The predicted octanol–water partition coefficient (Wildman–Crippen LogP) is 3.21. The third kappa shape index (κ3) is 4.48. The number of fused-ring (bicyclic) bond motifs is 1. The summed E-state index contributed by atoms with van der Waals surface area (Å²) in [5.74, 6) is 0.728. The maximum absolute atomic E-state index is 13.5. The second-order valence-corrected chi connectivity index (χ2v) is 8.63. The standard InChI is InChI=1S/C21H25N3O2S2/c1-23(2)13-8-14-24(20(25)15-9-5-6-11-17(15)27-4)21-22-19-16(26-3)10-7-12-18(19)28-21/h5-7,9-12H,8,13-14H2,1-4H3/p+1. The predicted molar refractivity (Wildman–Crippen MR) is 118 cm³/mol. The number of carbonyl (C=O) groups is 1. The number of nitrogens with one attached hydrogen (secondary N) is 1. The molecule has 1 aromatic heterocycles. The second-order valence-electron chi connectivity index (χ2n) is 6.77. The molecule has 1 amide bonds. The minimum atomic E-state index is -0.00303. The average molecular weight is 417 g/mol. The second kappa shape index (κ2) is 9.41. The SMILES string of the molecule is COc1cccc2sc(N(CCC[NH+](C)C)C(=O)c3ccccc3SC)nc12. The number of nitrogens with zero attached hydrogens (tertiary/aromatic N) is 2.